The van der Waals surface area contributed by atoms with E-state index in [2.05, 4.69) is 0 Å². The Hall–Kier alpha value is -1.55. The lowest BCUT2D eigenvalue weighted by molar-refractivity contribution is -0.118. The molecule has 4 nitrogen and oxygen atoms in total. The molecule has 0 saturated carbocycles. The molecule has 0 fully saturated rings. The van der Waals surface area contributed by atoms with E-state index < -0.39 is 0 Å². The Kier molecular flexibility index (Phi) is 4.63. The van der Waals surface area contributed by atoms with Crippen molar-refractivity contribution in [2.24, 2.45) is 11.5 Å². The van der Waals surface area contributed by atoms with Crippen molar-refractivity contribution in [2.45, 2.75) is 12.8 Å². The van der Waals surface area contributed by atoms with Gasteiger partial charge in [-0.15, -0.1) is 0 Å². The number of primary amides is 1. The number of nitrogens with two attached hydrogens (primary N) is 2. The highest BCUT2D eigenvalue weighted by molar-refractivity contribution is 5.73. The van der Waals surface area contributed by atoms with Crippen LogP contribution in [0.1, 0.15) is 12.0 Å². The number of carbonyl (C=O) groups excluding carboxylic acids is 1. The van der Waals surface area contributed by atoms with Crippen LogP contribution in [0.25, 0.3) is 0 Å². The fourth-order valence-electron chi connectivity index (χ4n) is 1.23. The van der Waals surface area contributed by atoms with Crippen LogP contribution in [0, 0.1) is 0 Å². The molecule has 0 aliphatic heterocycles. The van der Waals surface area contributed by atoms with Gasteiger partial charge in [0.2, 0.25) is 5.91 Å². The quantitative estimate of drug-likeness (QED) is 0.712. The fraction of sp³-hybridized carbons (Fsp3) is 0.364. The average Bonchev–Trinajstić information content (AvgIpc) is 2.18. The largest absolute Gasteiger partial charge is 0.493 e. The zero-order valence-electron chi connectivity index (χ0n) is 8.61. The standard InChI is InChI=1S/C11H16N2O2/c12-6-4-9-2-1-3-10(8-9)15-7-5-11(13)14/h1-3,8H,4-7,12H2,(H2,13,14). The second kappa shape index (κ2) is 6.03. The molecule has 0 unspecified atom stereocenters. The molecule has 4 heteroatoms. The second-order valence-electron chi connectivity index (χ2n) is 3.25. The molecule has 1 amide bonds. The molecule has 4 N–H and O–H groups in total. The van der Waals surface area contributed by atoms with Gasteiger partial charge in [0.1, 0.15) is 5.75 Å². The molecular weight excluding hydrogens is 192 g/mol. The van der Waals surface area contributed by atoms with Gasteiger partial charge < -0.3 is 16.2 Å². The summed E-state index contributed by atoms with van der Waals surface area (Å²) >= 11 is 0. The van der Waals surface area contributed by atoms with Gasteiger partial charge in [0, 0.05) is 0 Å². The third-order valence-electron chi connectivity index (χ3n) is 1.95. The Balaban J connectivity index is 2.46. The molecule has 0 aliphatic carbocycles. The van der Waals surface area contributed by atoms with E-state index in [0.29, 0.717) is 13.2 Å². The molecule has 0 bridgehead atoms. The minimum atomic E-state index is -0.354. The molecule has 0 saturated heterocycles. The molecule has 0 spiro atoms. The van der Waals surface area contributed by atoms with Crippen LogP contribution >= 0.6 is 0 Å². The van der Waals surface area contributed by atoms with E-state index in [-0.39, 0.29) is 12.3 Å². The average molecular weight is 208 g/mol. The lowest BCUT2D eigenvalue weighted by atomic mass is 10.1. The first-order chi connectivity index (χ1) is 7.22. The number of hydrogen-bond acceptors (Lipinski definition) is 3. The predicted molar refractivity (Wildman–Crippen MR) is 58.5 cm³/mol. The third kappa shape index (κ3) is 4.46. The van der Waals surface area contributed by atoms with Gasteiger partial charge in [-0.1, -0.05) is 12.1 Å². The van der Waals surface area contributed by atoms with Crippen molar-refractivity contribution in [3.63, 3.8) is 0 Å². The van der Waals surface area contributed by atoms with Crippen LogP contribution in [0.5, 0.6) is 5.75 Å². The van der Waals surface area contributed by atoms with Crippen molar-refractivity contribution in [2.75, 3.05) is 13.2 Å². The summed E-state index contributed by atoms with van der Waals surface area (Å²) in [5.41, 5.74) is 11.6. The summed E-state index contributed by atoms with van der Waals surface area (Å²) < 4.78 is 5.36. The molecule has 0 heterocycles. The van der Waals surface area contributed by atoms with Gasteiger partial charge in [-0.3, -0.25) is 4.79 Å². The van der Waals surface area contributed by atoms with E-state index in [1.807, 2.05) is 24.3 Å². The van der Waals surface area contributed by atoms with E-state index in [1.54, 1.807) is 0 Å². The highest BCUT2D eigenvalue weighted by atomic mass is 16.5. The van der Waals surface area contributed by atoms with Gasteiger partial charge in [-0.05, 0) is 30.7 Å². The van der Waals surface area contributed by atoms with Crippen LogP contribution in [0.15, 0.2) is 24.3 Å². The van der Waals surface area contributed by atoms with Crippen molar-refractivity contribution < 1.29 is 9.53 Å². The van der Waals surface area contributed by atoms with E-state index in [4.69, 9.17) is 16.2 Å². The molecule has 15 heavy (non-hydrogen) atoms. The van der Waals surface area contributed by atoms with Gasteiger partial charge in [0.25, 0.3) is 0 Å². The smallest absolute Gasteiger partial charge is 0.220 e. The van der Waals surface area contributed by atoms with Crippen LogP contribution in [0.2, 0.25) is 0 Å². The van der Waals surface area contributed by atoms with E-state index in [9.17, 15) is 4.79 Å². The number of amides is 1. The first-order valence-electron chi connectivity index (χ1n) is 4.92. The molecule has 0 aliphatic rings. The van der Waals surface area contributed by atoms with Gasteiger partial charge in [-0.2, -0.15) is 0 Å². The lowest BCUT2D eigenvalue weighted by Gasteiger charge is -2.06. The van der Waals surface area contributed by atoms with Gasteiger partial charge in [-0.25, -0.2) is 0 Å². The topological polar surface area (TPSA) is 78.3 Å². The van der Waals surface area contributed by atoms with Crippen molar-refractivity contribution in [1.82, 2.24) is 0 Å². The van der Waals surface area contributed by atoms with E-state index >= 15 is 0 Å². The molecule has 1 aromatic rings. The van der Waals surface area contributed by atoms with E-state index in [1.165, 1.54) is 0 Å². The molecule has 1 rings (SSSR count). The maximum Gasteiger partial charge on any atom is 0.220 e. The summed E-state index contributed by atoms with van der Waals surface area (Å²) in [5.74, 6) is 0.398. The Morgan fingerprint density at radius 2 is 2.20 bits per heavy atom. The number of rotatable bonds is 6. The highest BCUT2D eigenvalue weighted by Crippen LogP contribution is 2.13. The molecule has 0 atom stereocenters. The number of carbonyl (C=O) groups is 1. The number of hydrogen-bond donors (Lipinski definition) is 2. The normalized spacial score (nSPS) is 9.93. The molecule has 82 valence electrons. The maximum atomic E-state index is 10.5. The minimum Gasteiger partial charge on any atom is -0.493 e. The number of ether oxygens (including phenoxy) is 1. The summed E-state index contributed by atoms with van der Waals surface area (Å²) in [4.78, 5) is 10.5. The van der Waals surface area contributed by atoms with Gasteiger partial charge in [0.05, 0.1) is 13.0 Å². The molecule has 0 radical (unpaired) electrons. The lowest BCUT2D eigenvalue weighted by Crippen LogP contribution is -2.14. The molecular formula is C11H16N2O2. The maximum absolute atomic E-state index is 10.5. The summed E-state index contributed by atoms with van der Waals surface area (Å²) in [6.07, 6.45) is 1.06. The summed E-state index contributed by atoms with van der Waals surface area (Å²) in [7, 11) is 0. The highest BCUT2D eigenvalue weighted by Gasteiger charge is 1.98. The Bertz CT molecular complexity index is 326. The predicted octanol–water partition coefficient (Wildman–Crippen LogP) is 0.442. The summed E-state index contributed by atoms with van der Waals surface area (Å²) in [6, 6.07) is 7.67. The Morgan fingerprint density at radius 3 is 2.87 bits per heavy atom. The van der Waals surface area contributed by atoms with Crippen LogP contribution in [-0.4, -0.2) is 19.1 Å². The SMILES string of the molecule is NCCc1cccc(OCCC(N)=O)c1. The van der Waals surface area contributed by atoms with Crippen molar-refractivity contribution >= 4 is 5.91 Å². The Labute approximate surface area is 89.2 Å². The third-order valence-corrected chi connectivity index (χ3v) is 1.95. The van der Waals surface area contributed by atoms with Crippen LogP contribution in [0.4, 0.5) is 0 Å². The zero-order valence-corrected chi connectivity index (χ0v) is 8.61. The summed E-state index contributed by atoms with van der Waals surface area (Å²) in [6.45, 7) is 0.937. The first kappa shape index (κ1) is 11.5. The van der Waals surface area contributed by atoms with Crippen molar-refractivity contribution in [3.8, 4) is 5.75 Å². The first-order valence-corrected chi connectivity index (χ1v) is 4.92. The van der Waals surface area contributed by atoms with Gasteiger partial charge in [0.15, 0.2) is 0 Å². The monoisotopic (exact) mass is 208 g/mol. The van der Waals surface area contributed by atoms with Crippen molar-refractivity contribution in [1.29, 1.82) is 0 Å². The van der Waals surface area contributed by atoms with Crippen molar-refractivity contribution in [3.05, 3.63) is 29.8 Å². The van der Waals surface area contributed by atoms with E-state index in [0.717, 1.165) is 17.7 Å². The zero-order chi connectivity index (χ0) is 11.1. The van der Waals surface area contributed by atoms with Crippen LogP contribution in [0.3, 0.4) is 0 Å². The molecule has 0 aromatic heterocycles. The van der Waals surface area contributed by atoms with Crippen LogP contribution < -0.4 is 16.2 Å². The fourth-order valence-corrected chi connectivity index (χ4v) is 1.23. The number of benzene rings is 1. The summed E-state index contributed by atoms with van der Waals surface area (Å²) in [5, 5.41) is 0. The van der Waals surface area contributed by atoms with Gasteiger partial charge >= 0.3 is 0 Å². The minimum absolute atomic E-state index is 0.237. The van der Waals surface area contributed by atoms with Crippen LogP contribution in [-0.2, 0) is 11.2 Å². The molecule has 1 aromatic carbocycles. The Morgan fingerprint density at radius 1 is 1.40 bits per heavy atom. The second-order valence-corrected chi connectivity index (χ2v) is 3.25.